The number of aryl methyl sites for hydroxylation is 2. The van der Waals surface area contributed by atoms with Gasteiger partial charge in [-0.15, -0.1) is 0 Å². The van der Waals surface area contributed by atoms with Gasteiger partial charge in [0.25, 0.3) is 0 Å². The molecule has 0 aromatic heterocycles. The van der Waals surface area contributed by atoms with E-state index in [0.717, 1.165) is 6.54 Å². The van der Waals surface area contributed by atoms with E-state index >= 15 is 0 Å². The van der Waals surface area contributed by atoms with Crippen LogP contribution in [0.1, 0.15) is 56.2 Å². The minimum atomic E-state index is 0.526. The first-order valence-corrected chi connectivity index (χ1v) is 7.26. The Kier molecular flexibility index (Phi) is 4.11. The Hall–Kier alpha value is -0.820. The Bertz CT molecular complexity index is 406. The van der Waals surface area contributed by atoms with Crippen LogP contribution in [-0.2, 0) is 6.54 Å². The summed E-state index contributed by atoms with van der Waals surface area (Å²) in [5.74, 6) is 0. The molecule has 2 rings (SSSR count). The van der Waals surface area contributed by atoms with Gasteiger partial charge in [-0.05, 0) is 49.7 Å². The van der Waals surface area contributed by atoms with Gasteiger partial charge in [0, 0.05) is 12.6 Å². The second-order valence-corrected chi connectivity index (χ2v) is 6.77. The quantitative estimate of drug-likeness (QED) is 0.834. The van der Waals surface area contributed by atoms with Gasteiger partial charge in [-0.2, -0.15) is 0 Å². The number of hydrogen-bond acceptors (Lipinski definition) is 1. The fourth-order valence-electron chi connectivity index (χ4n) is 3.17. The van der Waals surface area contributed by atoms with Crippen molar-refractivity contribution in [1.82, 2.24) is 5.32 Å². The van der Waals surface area contributed by atoms with Gasteiger partial charge in [-0.25, -0.2) is 0 Å². The van der Waals surface area contributed by atoms with Crippen molar-refractivity contribution in [3.8, 4) is 0 Å². The number of benzene rings is 1. The van der Waals surface area contributed by atoms with E-state index in [2.05, 4.69) is 51.2 Å². The summed E-state index contributed by atoms with van der Waals surface area (Å²) in [6, 6.07) is 7.47. The maximum atomic E-state index is 3.75. The molecule has 1 nitrogen and oxygen atoms in total. The molecule has 1 aromatic rings. The molecule has 0 radical (unpaired) electrons. The summed E-state index contributed by atoms with van der Waals surface area (Å²) in [4.78, 5) is 0. The lowest BCUT2D eigenvalue weighted by Crippen LogP contribution is -2.36. The molecule has 0 heterocycles. The summed E-state index contributed by atoms with van der Waals surface area (Å²) < 4.78 is 0. The first-order chi connectivity index (χ1) is 8.46. The lowest BCUT2D eigenvalue weighted by Gasteiger charge is -2.35. The van der Waals surface area contributed by atoms with Crippen molar-refractivity contribution in [2.45, 2.75) is 66.0 Å². The number of hydrogen-bond donors (Lipinski definition) is 1. The van der Waals surface area contributed by atoms with E-state index in [1.54, 1.807) is 0 Å². The van der Waals surface area contributed by atoms with Crippen molar-refractivity contribution in [1.29, 1.82) is 0 Å². The van der Waals surface area contributed by atoms with Crippen LogP contribution in [0.15, 0.2) is 18.2 Å². The molecule has 1 fully saturated rings. The summed E-state index contributed by atoms with van der Waals surface area (Å²) in [6.07, 6.45) is 5.42. The predicted molar refractivity (Wildman–Crippen MR) is 78.8 cm³/mol. The van der Waals surface area contributed by atoms with E-state index in [9.17, 15) is 0 Å². The van der Waals surface area contributed by atoms with E-state index in [4.69, 9.17) is 0 Å². The third kappa shape index (κ3) is 3.58. The zero-order chi connectivity index (χ0) is 13.2. The van der Waals surface area contributed by atoms with Gasteiger partial charge >= 0.3 is 0 Å². The normalized spacial score (nSPS) is 23.0. The van der Waals surface area contributed by atoms with Crippen molar-refractivity contribution < 1.29 is 0 Å². The summed E-state index contributed by atoms with van der Waals surface area (Å²) in [5.41, 5.74) is 4.75. The van der Waals surface area contributed by atoms with Crippen molar-refractivity contribution in [2.75, 3.05) is 0 Å². The SMILES string of the molecule is Cc1ccc(CNC2CCCC(C)(C)C2)c(C)c1. The smallest absolute Gasteiger partial charge is 0.0210 e. The van der Waals surface area contributed by atoms with Gasteiger partial charge in [-0.3, -0.25) is 0 Å². The average Bonchev–Trinajstić information content (AvgIpc) is 2.26. The van der Waals surface area contributed by atoms with Crippen LogP contribution < -0.4 is 5.32 Å². The van der Waals surface area contributed by atoms with E-state index < -0.39 is 0 Å². The fraction of sp³-hybridized carbons (Fsp3) is 0.647. The fourth-order valence-corrected chi connectivity index (χ4v) is 3.17. The minimum absolute atomic E-state index is 0.526. The zero-order valence-corrected chi connectivity index (χ0v) is 12.3. The summed E-state index contributed by atoms with van der Waals surface area (Å²) in [6.45, 7) is 10.2. The highest BCUT2D eigenvalue weighted by Gasteiger charge is 2.27. The topological polar surface area (TPSA) is 12.0 Å². The highest BCUT2D eigenvalue weighted by Crippen LogP contribution is 2.35. The molecule has 1 saturated carbocycles. The summed E-state index contributed by atoms with van der Waals surface area (Å²) in [5, 5.41) is 3.75. The molecule has 0 spiro atoms. The summed E-state index contributed by atoms with van der Waals surface area (Å²) in [7, 11) is 0. The van der Waals surface area contributed by atoms with Crippen LogP contribution in [0.25, 0.3) is 0 Å². The largest absolute Gasteiger partial charge is 0.310 e. The van der Waals surface area contributed by atoms with Crippen molar-refractivity contribution in [3.05, 3.63) is 34.9 Å². The van der Waals surface area contributed by atoms with E-state index in [-0.39, 0.29) is 0 Å². The average molecular weight is 245 g/mol. The molecule has 1 aromatic carbocycles. The van der Waals surface area contributed by atoms with Gasteiger partial charge in [0.2, 0.25) is 0 Å². The Morgan fingerprint density at radius 3 is 2.72 bits per heavy atom. The van der Waals surface area contributed by atoms with Crippen LogP contribution in [0.3, 0.4) is 0 Å². The number of nitrogens with one attached hydrogen (secondary N) is 1. The first kappa shape index (κ1) is 13.6. The third-order valence-corrected chi connectivity index (χ3v) is 4.28. The Morgan fingerprint density at radius 2 is 2.06 bits per heavy atom. The molecule has 1 N–H and O–H groups in total. The molecule has 1 aliphatic rings. The zero-order valence-electron chi connectivity index (χ0n) is 12.3. The summed E-state index contributed by atoms with van der Waals surface area (Å²) >= 11 is 0. The Morgan fingerprint density at radius 1 is 1.28 bits per heavy atom. The molecule has 0 saturated heterocycles. The molecule has 0 aliphatic heterocycles. The van der Waals surface area contributed by atoms with E-state index in [1.165, 1.54) is 42.4 Å². The van der Waals surface area contributed by atoms with E-state index in [1.807, 2.05) is 0 Å². The maximum Gasteiger partial charge on any atom is 0.0210 e. The highest BCUT2D eigenvalue weighted by molar-refractivity contribution is 5.30. The van der Waals surface area contributed by atoms with Crippen molar-refractivity contribution in [2.24, 2.45) is 5.41 Å². The molecule has 1 unspecified atom stereocenters. The van der Waals surface area contributed by atoms with Crippen LogP contribution in [0.4, 0.5) is 0 Å². The lowest BCUT2D eigenvalue weighted by atomic mass is 9.75. The van der Waals surface area contributed by atoms with Gasteiger partial charge in [0.1, 0.15) is 0 Å². The highest BCUT2D eigenvalue weighted by atomic mass is 14.9. The maximum absolute atomic E-state index is 3.75. The second kappa shape index (κ2) is 5.44. The van der Waals surface area contributed by atoms with Crippen molar-refractivity contribution >= 4 is 0 Å². The van der Waals surface area contributed by atoms with Gasteiger partial charge in [0.05, 0.1) is 0 Å². The standard InChI is InChI=1S/C17H27N/c1-13-7-8-15(14(2)10-13)12-18-16-6-5-9-17(3,4)11-16/h7-8,10,16,18H,5-6,9,11-12H2,1-4H3. The molecule has 1 atom stereocenters. The minimum Gasteiger partial charge on any atom is -0.310 e. The second-order valence-electron chi connectivity index (χ2n) is 6.77. The van der Waals surface area contributed by atoms with Gasteiger partial charge in [-0.1, -0.05) is 44.0 Å². The molecule has 18 heavy (non-hydrogen) atoms. The molecule has 1 aliphatic carbocycles. The van der Waals surface area contributed by atoms with Gasteiger partial charge in [0.15, 0.2) is 0 Å². The van der Waals surface area contributed by atoms with Crippen molar-refractivity contribution in [3.63, 3.8) is 0 Å². The van der Waals surface area contributed by atoms with Crippen LogP contribution in [0, 0.1) is 19.3 Å². The molecule has 0 bridgehead atoms. The lowest BCUT2D eigenvalue weighted by molar-refractivity contribution is 0.197. The van der Waals surface area contributed by atoms with Crippen LogP contribution >= 0.6 is 0 Å². The predicted octanol–water partition coefficient (Wildman–Crippen LogP) is 4.36. The molecular weight excluding hydrogens is 218 g/mol. The molecule has 0 amide bonds. The molecule has 1 heteroatoms. The Balaban J connectivity index is 1.91. The number of rotatable bonds is 3. The monoisotopic (exact) mass is 245 g/mol. The van der Waals surface area contributed by atoms with E-state index in [0.29, 0.717) is 11.5 Å². The van der Waals surface area contributed by atoms with Gasteiger partial charge < -0.3 is 5.32 Å². The van der Waals surface area contributed by atoms with Crippen LogP contribution in [0.5, 0.6) is 0 Å². The third-order valence-electron chi connectivity index (χ3n) is 4.28. The van der Waals surface area contributed by atoms with Crippen LogP contribution in [0.2, 0.25) is 0 Å². The molecular formula is C17H27N. The molecule has 100 valence electrons. The van der Waals surface area contributed by atoms with Crippen LogP contribution in [-0.4, -0.2) is 6.04 Å². The first-order valence-electron chi connectivity index (χ1n) is 7.26. The Labute approximate surface area is 112 Å².